The topological polar surface area (TPSA) is 15.7 Å². The van der Waals surface area contributed by atoms with Gasteiger partial charge in [0.2, 0.25) is 0 Å². The quantitative estimate of drug-likeness (QED) is 0.747. The van der Waals surface area contributed by atoms with Gasteiger partial charge in [0.15, 0.2) is 0 Å². The number of fused-ring (bicyclic) bond motifs is 1. The summed E-state index contributed by atoms with van der Waals surface area (Å²) in [6, 6.07) is 2.05. The Kier molecular flexibility index (Phi) is 4.83. The van der Waals surface area contributed by atoms with Crippen molar-refractivity contribution in [3.05, 3.63) is 0 Å². The lowest BCUT2D eigenvalue weighted by Gasteiger charge is -2.49. The Balaban J connectivity index is 1.89. The Morgan fingerprint density at radius 2 is 2.12 bits per heavy atom. The molecule has 0 saturated carbocycles. The maximum Gasteiger partial charge on any atom is 0.0619 e. The number of hydrogen-bond acceptors (Lipinski definition) is 3. The second-order valence-electron chi connectivity index (χ2n) is 5.70. The van der Waals surface area contributed by atoms with E-state index in [-0.39, 0.29) is 0 Å². The Morgan fingerprint density at radius 3 is 2.88 bits per heavy atom. The summed E-state index contributed by atoms with van der Waals surface area (Å²) < 4.78 is 5.58. The van der Waals surface area contributed by atoms with Crippen molar-refractivity contribution in [3.8, 4) is 0 Å². The molecule has 2 saturated heterocycles. The molecule has 3 heteroatoms. The van der Waals surface area contributed by atoms with E-state index in [9.17, 15) is 0 Å². The van der Waals surface area contributed by atoms with Crippen LogP contribution < -0.4 is 0 Å². The monoisotopic (exact) mass is 240 g/mol. The fraction of sp³-hybridized carbons (Fsp3) is 1.00. The van der Waals surface area contributed by atoms with Gasteiger partial charge in [0.05, 0.1) is 6.61 Å². The van der Waals surface area contributed by atoms with Crippen LogP contribution in [0.4, 0.5) is 0 Å². The first-order valence-corrected chi connectivity index (χ1v) is 7.30. The van der Waals surface area contributed by atoms with Crippen molar-refractivity contribution in [2.24, 2.45) is 0 Å². The first-order chi connectivity index (χ1) is 8.22. The maximum atomic E-state index is 5.58. The summed E-state index contributed by atoms with van der Waals surface area (Å²) in [5.74, 6) is 0. The standard InChI is InChI=1S/C14H28N2O/c1-4-17-11-13(3)16-10-14-7-5-6-8-15(14)9-12(16)2/h12-14H,4-11H2,1-3H3. The third kappa shape index (κ3) is 3.21. The van der Waals surface area contributed by atoms with Crippen molar-refractivity contribution in [3.63, 3.8) is 0 Å². The Labute approximate surface area is 106 Å². The minimum Gasteiger partial charge on any atom is -0.380 e. The molecule has 2 aliphatic heterocycles. The van der Waals surface area contributed by atoms with E-state index in [4.69, 9.17) is 4.74 Å². The van der Waals surface area contributed by atoms with Crippen LogP contribution in [-0.2, 0) is 4.74 Å². The van der Waals surface area contributed by atoms with Crippen molar-refractivity contribution < 1.29 is 4.74 Å². The highest BCUT2D eigenvalue weighted by Crippen LogP contribution is 2.25. The summed E-state index contributed by atoms with van der Waals surface area (Å²) in [6.07, 6.45) is 4.21. The van der Waals surface area contributed by atoms with Gasteiger partial charge >= 0.3 is 0 Å². The average Bonchev–Trinajstić information content (AvgIpc) is 2.35. The molecule has 2 rings (SSSR count). The molecule has 0 N–H and O–H groups in total. The summed E-state index contributed by atoms with van der Waals surface area (Å²) >= 11 is 0. The fourth-order valence-corrected chi connectivity index (χ4v) is 3.37. The van der Waals surface area contributed by atoms with Gasteiger partial charge in [-0.25, -0.2) is 0 Å². The van der Waals surface area contributed by atoms with Crippen molar-refractivity contribution in [1.29, 1.82) is 0 Å². The van der Waals surface area contributed by atoms with E-state index in [1.165, 1.54) is 38.9 Å². The van der Waals surface area contributed by atoms with Crippen molar-refractivity contribution in [1.82, 2.24) is 9.80 Å². The van der Waals surface area contributed by atoms with Crippen LogP contribution in [-0.4, -0.2) is 60.8 Å². The SMILES string of the molecule is CCOCC(C)N1CC2CCCCN2CC1C. The molecular formula is C14H28N2O. The van der Waals surface area contributed by atoms with Gasteiger partial charge in [-0.3, -0.25) is 9.80 Å². The van der Waals surface area contributed by atoms with E-state index < -0.39 is 0 Å². The first kappa shape index (κ1) is 13.3. The van der Waals surface area contributed by atoms with Gasteiger partial charge in [0.1, 0.15) is 0 Å². The van der Waals surface area contributed by atoms with Gasteiger partial charge < -0.3 is 4.74 Å². The van der Waals surface area contributed by atoms with Crippen LogP contribution in [0.5, 0.6) is 0 Å². The molecule has 0 bridgehead atoms. The molecule has 3 unspecified atom stereocenters. The number of piperazine rings is 1. The maximum absolute atomic E-state index is 5.58. The van der Waals surface area contributed by atoms with Crippen molar-refractivity contribution in [2.45, 2.75) is 58.2 Å². The summed E-state index contributed by atoms with van der Waals surface area (Å²) in [6.45, 7) is 12.3. The molecule has 100 valence electrons. The second-order valence-corrected chi connectivity index (χ2v) is 5.70. The van der Waals surface area contributed by atoms with Gasteiger partial charge in [-0.2, -0.15) is 0 Å². The minimum absolute atomic E-state index is 0.564. The van der Waals surface area contributed by atoms with Crippen LogP contribution >= 0.6 is 0 Å². The normalized spacial score (nSPS) is 33.4. The number of ether oxygens (including phenoxy) is 1. The average molecular weight is 240 g/mol. The van der Waals surface area contributed by atoms with E-state index in [0.29, 0.717) is 12.1 Å². The molecule has 0 aromatic heterocycles. The van der Waals surface area contributed by atoms with Crippen LogP contribution in [0.2, 0.25) is 0 Å². The molecule has 17 heavy (non-hydrogen) atoms. The smallest absolute Gasteiger partial charge is 0.0619 e. The Hall–Kier alpha value is -0.120. The van der Waals surface area contributed by atoms with E-state index in [2.05, 4.69) is 30.6 Å². The number of piperidine rings is 1. The largest absolute Gasteiger partial charge is 0.380 e. The summed E-state index contributed by atoms with van der Waals surface area (Å²) in [5, 5.41) is 0. The van der Waals surface area contributed by atoms with Gasteiger partial charge in [0.25, 0.3) is 0 Å². The van der Waals surface area contributed by atoms with Crippen molar-refractivity contribution >= 4 is 0 Å². The van der Waals surface area contributed by atoms with Gasteiger partial charge in [-0.15, -0.1) is 0 Å². The highest BCUT2D eigenvalue weighted by atomic mass is 16.5. The van der Waals surface area contributed by atoms with Crippen LogP contribution in [0.1, 0.15) is 40.0 Å². The van der Waals surface area contributed by atoms with Crippen LogP contribution in [0.3, 0.4) is 0 Å². The second kappa shape index (κ2) is 6.17. The van der Waals surface area contributed by atoms with E-state index >= 15 is 0 Å². The van der Waals surface area contributed by atoms with Crippen LogP contribution in [0, 0.1) is 0 Å². The highest BCUT2D eigenvalue weighted by molar-refractivity contribution is 4.90. The predicted octanol–water partition coefficient (Wildman–Crippen LogP) is 1.97. The third-order valence-electron chi connectivity index (χ3n) is 4.36. The summed E-state index contributed by atoms with van der Waals surface area (Å²) in [7, 11) is 0. The third-order valence-corrected chi connectivity index (χ3v) is 4.36. The molecule has 0 spiro atoms. The molecule has 0 radical (unpaired) electrons. The molecule has 2 aliphatic rings. The van der Waals surface area contributed by atoms with E-state index in [1.807, 2.05) is 0 Å². The van der Waals surface area contributed by atoms with Gasteiger partial charge in [-0.05, 0) is 40.2 Å². The lowest BCUT2D eigenvalue weighted by molar-refractivity contribution is -0.0257. The molecule has 0 aromatic carbocycles. The predicted molar refractivity (Wildman–Crippen MR) is 71.3 cm³/mol. The minimum atomic E-state index is 0.564. The molecule has 0 aromatic rings. The van der Waals surface area contributed by atoms with Crippen molar-refractivity contribution in [2.75, 3.05) is 32.8 Å². The van der Waals surface area contributed by atoms with Crippen LogP contribution in [0.25, 0.3) is 0 Å². The molecule has 2 heterocycles. The number of hydrogen-bond donors (Lipinski definition) is 0. The fourth-order valence-electron chi connectivity index (χ4n) is 3.37. The molecule has 3 atom stereocenters. The zero-order chi connectivity index (χ0) is 12.3. The molecule has 0 aliphatic carbocycles. The zero-order valence-corrected chi connectivity index (χ0v) is 11.7. The highest BCUT2D eigenvalue weighted by Gasteiger charge is 2.34. The summed E-state index contributed by atoms with van der Waals surface area (Å²) in [4.78, 5) is 5.36. The lowest BCUT2D eigenvalue weighted by Crippen LogP contribution is -2.61. The molecule has 3 nitrogen and oxygen atoms in total. The lowest BCUT2D eigenvalue weighted by atomic mass is 9.96. The van der Waals surface area contributed by atoms with Gasteiger partial charge in [-0.1, -0.05) is 6.42 Å². The number of rotatable bonds is 4. The summed E-state index contributed by atoms with van der Waals surface area (Å²) in [5.41, 5.74) is 0. The zero-order valence-electron chi connectivity index (χ0n) is 11.7. The number of nitrogens with zero attached hydrogens (tertiary/aromatic N) is 2. The van der Waals surface area contributed by atoms with E-state index in [0.717, 1.165) is 19.3 Å². The Morgan fingerprint density at radius 1 is 1.29 bits per heavy atom. The van der Waals surface area contributed by atoms with Gasteiger partial charge in [0, 0.05) is 37.8 Å². The van der Waals surface area contributed by atoms with E-state index in [1.54, 1.807) is 0 Å². The molecule has 0 amide bonds. The molecule has 2 fully saturated rings. The Bertz CT molecular complexity index is 230. The molecular weight excluding hydrogens is 212 g/mol. The van der Waals surface area contributed by atoms with Crippen LogP contribution in [0.15, 0.2) is 0 Å². The first-order valence-electron chi connectivity index (χ1n) is 7.30.